The van der Waals surface area contributed by atoms with Crippen molar-refractivity contribution in [3.05, 3.63) is 0 Å². The van der Waals surface area contributed by atoms with Crippen LogP contribution in [0.3, 0.4) is 0 Å². The van der Waals surface area contributed by atoms with E-state index in [4.69, 9.17) is 4.74 Å². The third-order valence-corrected chi connectivity index (χ3v) is 8.00. The summed E-state index contributed by atoms with van der Waals surface area (Å²) < 4.78 is 5.67. The molecule has 0 saturated heterocycles. The van der Waals surface area contributed by atoms with Crippen molar-refractivity contribution >= 4 is 5.91 Å². The molecule has 0 unspecified atom stereocenters. The highest BCUT2D eigenvalue weighted by molar-refractivity contribution is 5.76. The van der Waals surface area contributed by atoms with Gasteiger partial charge in [0.1, 0.15) is 0 Å². The molecule has 2 N–H and O–H groups in total. The summed E-state index contributed by atoms with van der Waals surface area (Å²) in [5, 5.41) is 18.5. The maximum Gasteiger partial charge on any atom is 0.222 e. The highest BCUT2D eigenvalue weighted by Crippen LogP contribution is 2.14. The van der Waals surface area contributed by atoms with Crippen LogP contribution in [0.1, 0.15) is 168 Å². The third kappa shape index (κ3) is 27.3. The van der Waals surface area contributed by atoms with Gasteiger partial charge in [0.05, 0.1) is 26.4 Å². The lowest BCUT2D eigenvalue weighted by atomic mass is 10.0. The Balaban J connectivity index is 4.06. The van der Waals surface area contributed by atoms with E-state index < -0.39 is 0 Å². The van der Waals surface area contributed by atoms with Crippen LogP contribution >= 0.6 is 0 Å². The topological polar surface area (TPSA) is 70.0 Å². The van der Waals surface area contributed by atoms with Crippen LogP contribution in [0, 0.1) is 5.92 Å². The van der Waals surface area contributed by atoms with E-state index in [0.717, 1.165) is 25.8 Å². The van der Waals surface area contributed by atoms with Crippen LogP contribution < -0.4 is 0 Å². The van der Waals surface area contributed by atoms with E-state index in [0.29, 0.717) is 26.2 Å². The first-order valence-electron chi connectivity index (χ1n) is 17.3. The number of hydrogen-bond donors (Lipinski definition) is 2. The monoisotopic (exact) mass is 556 g/mol. The van der Waals surface area contributed by atoms with Gasteiger partial charge in [0.2, 0.25) is 5.91 Å². The normalized spacial score (nSPS) is 11.5. The molecule has 0 aliphatic carbocycles. The molecule has 234 valence electrons. The zero-order chi connectivity index (χ0) is 28.7. The smallest absolute Gasteiger partial charge is 0.222 e. The van der Waals surface area contributed by atoms with Crippen molar-refractivity contribution in [2.24, 2.45) is 5.92 Å². The second kappa shape index (κ2) is 31.9. The molecule has 0 fully saturated rings. The molecule has 5 heteroatoms. The summed E-state index contributed by atoms with van der Waals surface area (Å²) in [6, 6.07) is 0. The average Bonchev–Trinajstić information content (AvgIpc) is 2.95. The molecule has 0 spiro atoms. The quantitative estimate of drug-likeness (QED) is 0.0813. The Morgan fingerprint density at radius 1 is 0.564 bits per heavy atom. The van der Waals surface area contributed by atoms with Gasteiger partial charge >= 0.3 is 0 Å². The Bertz CT molecular complexity index is 484. The van der Waals surface area contributed by atoms with Crippen molar-refractivity contribution in [1.29, 1.82) is 0 Å². The summed E-state index contributed by atoms with van der Waals surface area (Å²) in [7, 11) is 0. The Kier molecular flexibility index (Phi) is 31.3. The van der Waals surface area contributed by atoms with Crippen molar-refractivity contribution in [3.63, 3.8) is 0 Å². The Morgan fingerprint density at radius 3 is 1.36 bits per heavy atom. The van der Waals surface area contributed by atoms with E-state index in [2.05, 4.69) is 13.8 Å². The van der Waals surface area contributed by atoms with Crippen LogP contribution in [0.25, 0.3) is 0 Å². The van der Waals surface area contributed by atoms with Gasteiger partial charge in [0.15, 0.2) is 0 Å². The molecule has 0 atom stereocenters. The number of nitrogens with zero attached hydrogens (tertiary/aromatic N) is 1. The number of aliphatic hydroxyl groups excluding tert-OH is 2. The fourth-order valence-corrected chi connectivity index (χ4v) is 5.19. The molecule has 0 aromatic rings. The third-order valence-electron chi connectivity index (χ3n) is 8.00. The summed E-state index contributed by atoms with van der Waals surface area (Å²) in [6.45, 7) is 6.64. The second-order valence-corrected chi connectivity index (χ2v) is 11.9. The van der Waals surface area contributed by atoms with Crippen LogP contribution in [-0.2, 0) is 9.53 Å². The van der Waals surface area contributed by atoms with Crippen LogP contribution in [-0.4, -0.2) is 60.5 Å². The van der Waals surface area contributed by atoms with E-state index in [1.54, 1.807) is 0 Å². The van der Waals surface area contributed by atoms with E-state index in [1.807, 2.05) is 4.90 Å². The lowest BCUT2D eigenvalue weighted by molar-refractivity contribution is -0.132. The zero-order valence-corrected chi connectivity index (χ0v) is 26.4. The number of aliphatic hydroxyl groups is 2. The SMILES string of the molecule is CCCCCCCCCCCCCCN(CCOCC(CO)CO)C(=O)CCCCCCCCCCCCC. The molecule has 0 aliphatic heterocycles. The molecule has 0 aliphatic rings. The molecule has 39 heavy (non-hydrogen) atoms. The molecular weight excluding hydrogens is 486 g/mol. The Hall–Kier alpha value is -0.650. The van der Waals surface area contributed by atoms with Crippen LogP contribution in [0.4, 0.5) is 0 Å². The maximum atomic E-state index is 13.0. The van der Waals surface area contributed by atoms with Gasteiger partial charge in [-0.3, -0.25) is 4.79 Å². The molecular formula is C34H69NO4. The lowest BCUT2D eigenvalue weighted by Gasteiger charge is -2.23. The minimum Gasteiger partial charge on any atom is -0.396 e. The lowest BCUT2D eigenvalue weighted by Crippen LogP contribution is -2.35. The summed E-state index contributed by atoms with van der Waals surface area (Å²) >= 11 is 0. The van der Waals surface area contributed by atoms with Gasteiger partial charge in [0, 0.05) is 25.4 Å². The first-order valence-corrected chi connectivity index (χ1v) is 17.3. The number of rotatable bonds is 32. The number of amides is 1. The first-order chi connectivity index (χ1) is 19.2. The van der Waals surface area contributed by atoms with Crippen LogP contribution in [0.2, 0.25) is 0 Å². The first kappa shape index (κ1) is 38.4. The molecule has 0 radical (unpaired) electrons. The maximum absolute atomic E-state index is 13.0. The summed E-state index contributed by atoms with van der Waals surface area (Å²) in [5.74, 6) is 0.0281. The van der Waals surface area contributed by atoms with Crippen molar-refractivity contribution in [1.82, 2.24) is 4.90 Å². The predicted molar refractivity (Wildman–Crippen MR) is 167 cm³/mol. The number of ether oxygens (including phenoxy) is 1. The van der Waals surface area contributed by atoms with Crippen molar-refractivity contribution in [2.45, 2.75) is 168 Å². The number of unbranched alkanes of at least 4 members (excludes halogenated alkanes) is 21. The van der Waals surface area contributed by atoms with Gasteiger partial charge in [-0.05, 0) is 12.8 Å². The minimum absolute atomic E-state index is 0.0726. The molecule has 0 rings (SSSR count). The molecule has 0 saturated carbocycles. The number of carbonyl (C=O) groups is 1. The molecule has 5 nitrogen and oxygen atoms in total. The highest BCUT2D eigenvalue weighted by Gasteiger charge is 2.13. The predicted octanol–water partition coefficient (Wildman–Crippen LogP) is 8.83. The van der Waals surface area contributed by atoms with Gasteiger partial charge in [-0.2, -0.15) is 0 Å². The van der Waals surface area contributed by atoms with Crippen molar-refractivity contribution in [2.75, 3.05) is 39.5 Å². The fourth-order valence-electron chi connectivity index (χ4n) is 5.19. The fraction of sp³-hybridized carbons (Fsp3) is 0.971. The van der Waals surface area contributed by atoms with E-state index in [1.165, 1.54) is 128 Å². The standard InChI is InChI=1S/C34H69NO4/c1-3-5-7-9-11-13-15-17-19-21-23-25-27-35(28-29-39-32-33(30-36)31-37)34(38)26-24-22-20-18-16-14-12-10-8-6-4-2/h33,36-37H,3-32H2,1-2H3. The van der Waals surface area contributed by atoms with Gasteiger partial charge in [-0.1, -0.05) is 149 Å². The van der Waals surface area contributed by atoms with E-state index >= 15 is 0 Å². The highest BCUT2D eigenvalue weighted by atomic mass is 16.5. The Labute approximate surface area is 243 Å². The second-order valence-electron chi connectivity index (χ2n) is 11.9. The number of hydrogen-bond acceptors (Lipinski definition) is 4. The molecule has 1 amide bonds. The molecule has 0 aromatic carbocycles. The largest absolute Gasteiger partial charge is 0.396 e. The summed E-state index contributed by atoms with van der Waals surface area (Å²) in [4.78, 5) is 15.0. The minimum atomic E-state index is -0.234. The van der Waals surface area contributed by atoms with Crippen LogP contribution in [0.15, 0.2) is 0 Å². The van der Waals surface area contributed by atoms with Crippen molar-refractivity contribution in [3.8, 4) is 0 Å². The number of carbonyl (C=O) groups excluding carboxylic acids is 1. The summed E-state index contributed by atoms with van der Waals surface area (Å²) in [5.41, 5.74) is 0. The average molecular weight is 556 g/mol. The van der Waals surface area contributed by atoms with Crippen molar-refractivity contribution < 1.29 is 19.7 Å². The van der Waals surface area contributed by atoms with Gasteiger partial charge in [-0.15, -0.1) is 0 Å². The van der Waals surface area contributed by atoms with E-state index in [9.17, 15) is 15.0 Å². The molecule has 0 bridgehead atoms. The van der Waals surface area contributed by atoms with Gasteiger partial charge in [0.25, 0.3) is 0 Å². The zero-order valence-electron chi connectivity index (χ0n) is 26.4. The van der Waals surface area contributed by atoms with E-state index in [-0.39, 0.29) is 25.0 Å². The molecule has 0 heterocycles. The van der Waals surface area contributed by atoms with Gasteiger partial charge < -0.3 is 19.8 Å². The molecule has 0 aromatic heterocycles. The summed E-state index contributed by atoms with van der Waals surface area (Å²) in [6.07, 6.45) is 30.7. The van der Waals surface area contributed by atoms with Gasteiger partial charge in [-0.25, -0.2) is 0 Å². The van der Waals surface area contributed by atoms with Crippen LogP contribution in [0.5, 0.6) is 0 Å². The Morgan fingerprint density at radius 2 is 0.949 bits per heavy atom.